The van der Waals surface area contributed by atoms with Crippen LogP contribution in [0.25, 0.3) is 17.1 Å². The fourth-order valence-corrected chi connectivity index (χ4v) is 5.43. The smallest absolute Gasteiger partial charge is 0.264 e. The van der Waals surface area contributed by atoms with Gasteiger partial charge in [-0.15, -0.1) is 10.2 Å². The van der Waals surface area contributed by atoms with Crippen LogP contribution in [0, 0.1) is 6.92 Å². The number of sulfonamides is 1. The number of unbranched alkanes of at least 4 members (excludes halogenated alkanes) is 1. The third-order valence-corrected chi connectivity index (χ3v) is 7.42. The summed E-state index contributed by atoms with van der Waals surface area (Å²) in [6.07, 6.45) is 1.56. The van der Waals surface area contributed by atoms with E-state index < -0.39 is 10.0 Å². The van der Waals surface area contributed by atoms with E-state index in [1.807, 2.05) is 48.7 Å². The summed E-state index contributed by atoms with van der Waals surface area (Å²) in [5.74, 6) is 1.22. The first-order valence-corrected chi connectivity index (χ1v) is 12.6. The molecule has 8 heteroatoms. The van der Waals surface area contributed by atoms with Gasteiger partial charge in [-0.3, -0.25) is 8.87 Å². The number of para-hydroxylation sites is 1. The lowest BCUT2D eigenvalue weighted by atomic mass is 10.1. The van der Waals surface area contributed by atoms with Crippen LogP contribution in [0.5, 0.6) is 0 Å². The number of aryl methyl sites for hydroxylation is 1. The van der Waals surface area contributed by atoms with E-state index in [0.717, 1.165) is 12.1 Å². The van der Waals surface area contributed by atoms with E-state index in [9.17, 15) is 8.42 Å². The van der Waals surface area contributed by atoms with Gasteiger partial charge in [-0.25, -0.2) is 8.42 Å². The molecule has 0 aliphatic heterocycles. The number of nitrogens with zero attached hydrogens (tertiary/aromatic N) is 4. The van der Waals surface area contributed by atoms with Crippen LogP contribution in [0.2, 0.25) is 5.02 Å². The molecule has 4 aromatic rings. The lowest BCUT2D eigenvalue weighted by Crippen LogP contribution is -2.32. The molecule has 0 aliphatic carbocycles. The summed E-state index contributed by atoms with van der Waals surface area (Å²) in [7, 11) is -3.81. The van der Waals surface area contributed by atoms with Crippen molar-refractivity contribution in [1.29, 1.82) is 0 Å². The summed E-state index contributed by atoms with van der Waals surface area (Å²) >= 11 is 6.39. The number of halogens is 1. The summed E-state index contributed by atoms with van der Waals surface area (Å²) in [6, 6.07) is 23.4. The monoisotopic (exact) mass is 480 g/mol. The van der Waals surface area contributed by atoms with Crippen molar-refractivity contribution in [2.45, 2.75) is 31.6 Å². The quantitative estimate of drug-likeness (QED) is 0.315. The van der Waals surface area contributed by atoms with Gasteiger partial charge >= 0.3 is 0 Å². The molecule has 33 heavy (non-hydrogen) atoms. The van der Waals surface area contributed by atoms with Crippen LogP contribution in [0.3, 0.4) is 0 Å². The Kier molecular flexibility index (Phi) is 6.81. The molecule has 0 saturated carbocycles. The molecule has 0 unspecified atom stereocenters. The minimum absolute atomic E-state index is 0.239. The Morgan fingerprint density at radius 1 is 0.939 bits per heavy atom. The molecule has 0 spiro atoms. The molecule has 4 rings (SSSR count). The second kappa shape index (κ2) is 9.77. The van der Waals surface area contributed by atoms with Crippen LogP contribution in [-0.4, -0.2) is 29.7 Å². The molecular formula is C25H25ClN4O2S. The molecule has 0 aliphatic rings. The maximum atomic E-state index is 13.7. The lowest BCUT2D eigenvalue weighted by Gasteiger charge is -2.27. The van der Waals surface area contributed by atoms with Gasteiger partial charge in [0.2, 0.25) is 0 Å². The van der Waals surface area contributed by atoms with Crippen molar-refractivity contribution < 1.29 is 8.42 Å². The average molecular weight is 481 g/mol. The highest BCUT2D eigenvalue weighted by atomic mass is 35.5. The van der Waals surface area contributed by atoms with Crippen molar-refractivity contribution in [1.82, 2.24) is 14.8 Å². The van der Waals surface area contributed by atoms with E-state index in [0.29, 0.717) is 40.9 Å². The number of benzene rings is 3. The molecule has 3 aromatic carbocycles. The molecule has 0 amide bonds. The van der Waals surface area contributed by atoms with Gasteiger partial charge in [0.25, 0.3) is 10.0 Å². The first kappa shape index (κ1) is 23.0. The van der Waals surface area contributed by atoms with E-state index in [-0.39, 0.29) is 4.90 Å². The normalized spacial score (nSPS) is 11.5. The highest BCUT2D eigenvalue weighted by molar-refractivity contribution is 7.92. The first-order chi connectivity index (χ1) is 15.9. The van der Waals surface area contributed by atoms with Gasteiger partial charge in [0, 0.05) is 22.8 Å². The standard InChI is InChI=1S/C25H25ClN4O2S/c1-3-4-17-29(33(31,32)22-13-9-6-10-14-22)24-16-15-20(26)18-23(24)25-28-27-19(2)30(25)21-11-7-5-8-12-21/h5-16,18H,3-4,17H2,1-2H3. The van der Waals surface area contributed by atoms with Crippen molar-refractivity contribution in [3.8, 4) is 17.1 Å². The number of hydrogen-bond donors (Lipinski definition) is 0. The molecule has 0 saturated heterocycles. The highest BCUT2D eigenvalue weighted by Gasteiger charge is 2.28. The van der Waals surface area contributed by atoms with Gasteiger partial charge in [-0.2, -0.15) is 0 Å². The zero-order valence-corrected chi connectivity index (χ0v) is 20.1. The minimum Gasteiger partial charge on any atom is -0.279 e. The largest absolute Gasteiger partial charge is 0.279 e. The molecule has 170 valence electrons. The summed E-state index contributed by atoms with van der Waals surface area (Å²) < 4.78 is 30.8. The van der Waals surface area contributed by atoms with E-state index in [4.69, 9.17) is 11.6 Å². The van der Waals surface area contributed by atoms with Crippen LogP contribution in [0.4, 0.5) is 5.69 Å². The van der Waals surface area contributed by atoms with E-state index in [2.05, 4.69) is 10.2 Å². The third kappa shape index (κ3) is 4.65. The molecule has 0 atom stereocenters. The second-order valence-electron chi connectivity index (χ2n) is 7.65. The Balaban J connectivity index is 1.93. The molecule has 1 aromatic heterocycles. The maximum Gasteiger partial charge on any atom is 0.264 e. The number of aromatic nitrogens is 3. The first-order valence-electron chi connectivity index (χ1n) is 10.8. The fraction of sp³-hybridized carbons (Fsp3) is 0.200. The van der Waals surface area contributed by atoms with Crippen LogP contribution in [0.15, 0.2) is 83.8 Å². The number of rotatable bonds is 8. The van der Waals surface area contributed by atoms with Crippen LogP contribution in [0.1, 0.15) is 25.6 Å². The molecule has 0 radical (unpaired) electrons. The summed E-state index contributed by atoms with van der Waals surface area (Å²) in [6.45, 7) is 4.23. The zero-order valence-electron chi connectivity index (χ0n) is 18.5. The molecule has 0 N–H and O–H groups in total. The van der Waals surface area contributed by atoms with Crippen molar-refractivity contribution in [3.05, 3.63) is 89.7 Å². The topological polar surface area (TPSA) is 68.1 Å². The van der Waals surface area contributed by atoms with Crippen LogP contribution in [-0.2, 0) is 10.0 Å². The molecule has 0 bridgehead atoms. The maximum absolute atomic E-state index is 13.7. The number of hydrogen-bond acceptors (Lipinski definition) is 4. The highest BCUT2D eigenvalue weighted by Crippen LogP contribution is 2.37. The van der Waals surface area contributed by atoms with Gasteiger partial charge in [-0.05, 0) is 55.8 Å². The second-order valence-corrected chi connectivity index (χ2v) is 9.95. The Labute approximate surface area is 199 Å². The van der Waals surface area contributed by atoms with Crippen molar-refractivity contribution in [2.75, 3.05) is 10.8 Å². The SMILES string of the molecule is CCCCN(c1ccc(Cl)cc1-c1nnc(C)n1-c1ccccc1)S(=O)(=O)c1ccccc1. The van der Waals surface area contributed by atoms with E-state index in [1.165, 1.54) is 4.31 Å². The summed E-state index contributed by atoms with van der Waals surface area (Å²) in [4.78, 5) is 0.239. The summed E-state index contributed by atoms with van der Waals surface area (Å²) in [5.41, 5.74) is 2.00. The third-order valence-electron chi connectivity index (χ3n) is 5.35. The molecular weight excluding hydrogens is 456 g/mol. The Morgan fingerprint density at radius 2 is 1.61 bits per heavy atom. The van der Waals surface area contributed by atoms with Gasteiger partial charge in [0.1, 0.15) is 5.82 Å². The Bertz CT molecular complexity index is 1340. The average Bonchev–Trinajstić information content (AvgIpc) is 3.22. The van der Waals surface area contributed by atoms with Gasteiger partial charge in [0.15, 0.2) is 5.82 Å². The fourth-order valence-electron chi connectivity index (χ4n) is 3.72. The van der Waals surface area contributed by atoms with Crippen molar-refractivity contribution >= 4 is 27.3 Å². The number of anilines is 1. The van der Waals surface area contributed by atoms with E-state index in [1.54, 1.807) is 48.5 Å². The van der Waals surface area contributed by atoms with Gasteiger partial charge < -0.3 is 0 Å². The van der Waals surface area contributed by atoms with Crippen molar-refractivity contribution in [2.24, 2.45) is 0 Å². The predicted molar refractivity (Wildman–Crippen MR) is 132 cm³/mol. The van der Waals surface area contributed by atoms with Gasteiger partial charge in [0.05, 0.1) is 10.6 Å². The Morgan fingerprint density at radius 3 is 2.27 bits per heavy atom. The van der Waals surface area contributed by atoms with E-state index >= 15 is 0 Å². The van der Waals surface area contributed by atoms with Crippen LogP contribution >= 0.6 is 11.6 Å². The predicted octanol–water partition coefficient (Wildman–Crippen LogP) is 5.89. The molecule has 1 heterocycles. The lowest BCUT2D eigenvalue weighted by molar-refractivity contribution is 0.588. The molecule has 6 nitrogen and oxygen atoms in total. The zero-order chi connectivity index (χ0) is 23.4. The van der Waals surface area contributed by atoms with Crippen molar-refractivity contribution in [3.63, 3.8) is 0 Å². The minimum atomic E-state index is -3.81. The van der Waals surface area contributed by atoms with Gasteiger partial charge in [-0.1, -0.05) is 61.3 Å². The Hall–Kier alpha value is -3.16. The molecule has 0 fully saturated rings. The van der Waals surface area contributed by atoms with Crippen LogP contribution < -0.4 is 4.31 Å². The summed E-state index contributed by atoms with van der Waals surface area (Å²) in [5, 5.41) is 9.19.